The highest BCUT2D eigenvalue weighted by Gasteiger charge is 2.21. The molecule has 0 aliphatic carbocycles. The van der Waals surface area contributed by atoms with Crippen LogP contribution < -0.4 is 5.73 Å². The molecular formula is C21H30N4O4S. The van der Waals surface area contributed by atoms with Gasteiger partial charge in [0.25, 0.3) is 0 Å². The number of carbonyl (C=O) groups excluding carboxylic acids is 2. The number of β-amino-alcohol motifs (C(OH)–C–C–N with tert-alkyl or cyclic N) is 1. The largest absolute Gasteiger partial charge is 0.382 e. The van der Waals surface area contributed by atoms with E-state index in [9.17, 15) is 14.7 Å². The number of aliphatic hydroxyl groups excluding tert-OH is 1. The number of carbonyl (C=O) groups is 2. The highest BCUT2D eigenvalue weighted by atomic mass is 32.1. The lowest BCUT2D eigenvalue weighted by Crippen LogP contribution is -2.50. The van der Waals surface area contributed by atoms with Crippen molar-refractivity contribution in [3.8, 4) is 10.6 Å². The molecule has 0 unspecified atom stereocenters. The molecule has 164 valence electrons. The third kappa shape index (κ3) is 6.73. The zero-order chi connectivity index (χ0) is 21.3. The minimum absolute atomic E-state index is 0.0378. The van der Waals surface area contributed by atoms with E-state index in [0.29, 0.717) is 24.4 Å². The molecule has 2 aromatic rings. The Morgan fingerprint density at radius 2 is 1.90 bits per heavy atom. The summed E-state index contributed by atoms with van der Waals surface area (Å²) in [7, 11) is 0. The number of thiophene rings is 1. The van der Waals surface area contributed by atoms with Crippen LogP contribution in [-0.4, -0.2) is 77.1 Å². The number of hydrogen-bond acceptors (Lipinski definition) is 8. The standard InChI is InChI=1S/C21H30N4O4S/c22-21(28)18(27)15-25-11-9-24(10-12-25)8-4-2-1-3-6-17(26)16-14-19(29-23-16)20-7-5-13-30-20/h5,7,13-14,18,27H,1-4,6,8-12,15H2,(H2,22,28)/t18-/m0/s1. The van der Waals surface area contributed by atoms with E-state index in [1.54, 1.807) is 17.4 Å². The molecule has 1 amide bonds. The first kappa shape index (κ1) is 22.6. The highest BCUT2D eigenvalue weighted by Crippen LogP contribution is 2.25. The van der Waals surface area contributed by atoms with Crippen LogP contribution in [0.1, 0.15) is 42.6 Å². The first-order valence-corrected chi connectivity index (χ1v) is 11.4. The fourth-order valence-corrected chi connectivity index (χ4v) is 4.25. The van der Waals surface area contributed by atoms with Gasteiger partial charge in [-0.2, -0.15) is 0 Å². The summed E-state index contributed by atoms with van der Waals surface area (Å²) in [5.41, 5.74) is 5.52. The molecule has 1 aliphatic heterocycles. The van der Waals surface area contributed by atoms with Crippen LogP contribution in [0.4, 0.5) is 0 Å². The average Bonchev–Trinajstić information content (AvgIpc) is 3.43. The molecule has 30 heavy (non-hydrogen) atoms. The molecule has 3 heterocycles. The number of nitrogens with zero attached hydrogens (tertiary/aromatic N) is 3. The molecule has 0 spiro atoms. The summed E-state index contributed by atoms with van der Waals surface area (Å²) in [6.45, 7) is 4.89. The van der Waals surface area contributed by atoms with Crippen LogP contribution in [0.5, 0.6) is 0 Å². The molecule has 2 aromatic heterocycles. The van der Waals surface area contributed by atoms with Crippen LogP contribution in [0.15, 0.2) is 28.1 Å². The summed E-state index contributed by atoms with van der Waals surface area (Å²) in [6.07, 6.45) is 3.48. The number of aliphatic hydroxyl groups is 1. The van der Waals surface area contributed by atoms with Gasteiger partial charge in [0.2, 0.25) is 5.91 Å². The Balaban J connectivity index is 1.24. The molecular weight excluding hydrogens is 404 g/mol. The quantitative estimate of drug-likeness (QED) is 0.388. The molecule has 9 heteroatoms. The summed E-state index contributed by atoms with van der Waals surface area (Å²) < 4.78 is 5.28. The minimum atomic E-state index is -1.08. The summed E-state index contributed by atoms with van der Waals surface area (Å²) in [6, 6.07) is 5.62. The van der Waals surface area contributed by atoms with Gasteiger partial charge in [-0.25, -0.2) is 0 Å². The summed E-state index contributed by atoms with van der Waals surface area (Å²) in [5.74, 6) is 0.0239. The maximum atomic E-state index is 12.3. The Morgan fingerprint density at radius 3 is 2.60 bits per heavy atom. The van der Waals surface area contributed by atoms with Crippen molar-refractivity contribution < 1.29 is 19.2 Å². The van der Waals surface area contributed by atoms with Crippen molar-refractivity contribution in [2.75, 3.05) is 39.3 Å². The van der Waals surface area contributed by atoms with Crippen molar-refractivity contribution in [1.29, 1.82) is 0 Å². The maximum absolute atomic E-state index is 12.3. The van der Waals surface area contributed by atoms with Crippen LogP contribution >= 0.6 is 11.3 Å². The zero-order valence-electron chi connectivity index (χ0n) is 17.2. The Morgan fingerprint density at radius 1 is 1.17 bits per heavy atom. The van der Waals surface area contributed by atoms with Crippen molar-refractivity contribution in [3.05, 3.63) is 29.3 Å². The third-order valence-corrected chi connectivity index (χ3v) is 6.30. The normalized spacial score (nSPS) is 16.6. The molecule has 0 saturated carbocycles. The second-order valence-corrected chi connectivity index (χ2v) is 8.65. The van der Waals surface area contributed by atoms with E-state index in [1.165, 1.54) is 0 Å². The molecule has 3 N–H and O–H groups in total. The van der Waals surface area contributed by atoms with Gasteiger partial charge in [0.05, 0.1) is 4.88 Å². The minimum Gasteiger partial charge on any atom is -0.382 e. The number of amides is 1. The topological polar surface area (TPSA) is 113 Å². The van der Waals surface area contributed by atoms with Crippen molar-refractivity contribution in [2.24, 2.45) is 5.73 Å². The molecule has 3 rings (SSSR count). The fraction of sp³-hybridized carbons (Fsp3) is 0.571. The molecule has 0 bridgehead atoms. The van der Waals surface area contributed by atoms with Crippen LogP contribution in [-0.2, 0) is 4.79 Å². The van der Waals surface area contributed by atoms with E-state index in [4.69, 9.17) is 10.3 Å². The number of aromatic nitrogens is 1. The average molecular weight is 435 g/mol. The second-order valence-electron chi connectivity index (χ2n) is 7.70. The number of hydrogen-bond donors (Lipinski definition) is 2. The Labute approximate surface area is 180 Å². The van der Waals surface area contributed by atoms with Crippen molar-refractivity contribution in [3.63, 3.8) is 0 Å². The van der Waals surface area contributed by atoms with Gasteiger partial charge in [-0.3, -0.25) is 14.5 Å². The smallest absolute Gasteiger partial charge is 0.247 e. The lowest BCUT2D eigenvalue weighted by molar-refractivity contribution is -0.127. The first-order valence-electron chi connectivity index (χ1n) is 10.5. The van der Waals surface area contributed by atoms with E-state index in [0.717, 1.165) is 63.3 Å². The number of nitrogens with two attached hydrogens (primary N) is 1. The van der Waals surface area contributed by atoms with E-state index in [1.807, 2.05) is 17.5 Å². The van der Waals surface area contributed by atoms with Crippen molar-refractivity contribution in [1.82, 2.24) is 15.0 Å². The lowest BCUT2D eigenvalue weighted by atomic mass is 10.1. The Hall–Kier alpha value is -2.07. The van der Waals surface area contributed by atoms with E-state index in [-0.39, 0.29) is 5.78 Å². The Bertz CT molecular complexity index is 800. The predicted octanol–water partition coefficient (Wildman–Crippen LogP) is 2.00. The number of primary amides is 1. The van der Waals surface area contributed by atoms with Crippen LogP contribution in [0, 0.1) is 0 Å². The molecule has 0 radical (unpaired) electrons. The van der Waals surface area contributed by atoms with Gasteiger partial charge < -0.3 is 20.3 Å². The lowest BCUT2D eigenvalue weighted by Gasteiger charge is -2.35. The van der Waals surface area contributed by atoms with Gasteiger partial charge in [-0.15, -0.1) is 11.3 Å². The summed E-state index contributed by atoms with van der Waals surface area (Å²) >= 11 is 1.56. The number of unbranched alkanes of at least 4 members (excludes halogenated alkanes) is 3. The highest BCUT2D eigenvalue weighted by molar-refractivity contribution is 7.13. The SMILES string of the molecule is NC(=O)[C@@H](O)CN1CCN(CCCCCCC(=O)c2cc(-c3cccs3)on2)CC1. The number of rotatable bonds is 12. The summed E-state index contributed by atoms with van der Waals surface area (Å²) in [4.78, 5) is 28.7. The van der Waals surface area contributed by atoms with Crippen LogP contribution in [0.25, 0.3) is 10.6 Å². The summed E-state index contributed by atoms with van der Waals surface area (Å²) in [5, 5.41) is 15.4. The molecule has 1 atom stereocenters. The van der Waals surface area contributed by atoms with Gasteiger partial charge >= 0.3 is 0 Å². The van der Waals surface area contributed by atoms with Crippen LogP contribution in [0.3, 0.4) is 0 Å². The molecule has 1 aliphatic rings. The van der Waals surface area contributed by atoms with Crippen molar-refractivity contribution >= 4 is 23.0 Å². The zero-order valence-corrected chi connectivity index (χ0v) is 18.0. The third-order valence-electron chi connectivity index (χ3n) is 5.41. The van der Waals surface area contributed by atoms with E-state index < -0.39 is 12.0 Å². The molecule has 1 saturated heterocycles. The van der Waals surface area contributed by atoms with Gasteiger partial charge in [0.1, 0.15) is 11.8 Å². The van der Waals surface area contributed by atoms with Gasteiger partial charge in [-0.1, -0.05) is 24.1 Å². The van der Waals surface area contributed by atoms with E-state index >= 15 is 0 Å². The van der Waals surface area contributed by atoms with E-state index in [2.05, 4.69) is 15.0 Å². The number of piperazine rings is 1. The van der Waals surface area contributed by atoms with Gasteiger partial charge in [0, 0.05) is 45.2 Å². The monoisotopic (exact) mass is 434 g/mol. The predicted molar refractivity (Wildman–Crippen MR) is 115 cm³/mol. The van der Waals surface area contributed by atoms with Gasteiger partial charge in [0.15, 0.2) is 11.5 Å². The number of Topliss-reactive ketones (excluding diaryl/α,β-unsaturated/α-hetero) is 1. The molecule has 1 fully saturated rings. The van der Waals surface area contributed by atoms with Crippen LogP contribution in [0.2, 0.25) is 0 Å². The molecule has 0 aromatic carbocycles. The number of ketones is 1. The first-order chi connectivity index (χ1) is 14.5. The van der Waals surface area contributed by atoms with Gasteiger partial charge in [-0.05, 0) is 30.8 Å². The molecule has 8 nitrogen and oxygen atoms in total. The fourth-order valence-electron chi connectivity index (χ4n) is 3.57. The maximum Gasteiger partial charge on any atom is 0.247 e. The Kier molecular flexibility index (Phi) is 8.56. The van der Waals surface area contributed by atoms with Crippen molar-refractivity contribution in [2.45, 2.75) is 38.2 Å². The second kappa shape index (κ2) is 11.4.